The Labute approximate surface area is 189 Å². The minimum Gasteiger partial charge on any atom is -0.489 e. The number of ether oxygens (including phenoxy) is 2. The fourth-order valence-electron chi connectivity index (χ4n) is 2.76. The molecular formula is C27H28O5. The van der Waals surface area contributed by atoms with Crippen LogP contribution in [0.5, 0.6) is 11.5 Å². The molecule has 0 aliphatic carbocycles. The van der Waals surface area contributed by atoms with Crippen LogP contribution in [0.2, 0.25) is 0 Å². The number of esters is 1. The monoisotopic (exact) mass is 432 g/mol. The summed E-state index contributed by atoms with van der Waals surface area (Å²) in [5.74, 6) is 1.08. The lowest BCUT2D eigenvalue weighted by atomic mass is 10.1. The third-order valence-electron chi connectivity index (χ3n) is 4.55. The number of rotatable bonds is 9. The Bertz CT molecular complexity index is 994. The number of hydrogen-bond acceptors (Lipinski definition) is 5. The van der Waals surface area contributed by atoms with Gasteiger partial charge in [0.1, 0.15) is 30.7 Å². The summed E-state index contributed by atoms with van der Waals surface area (Å²) < 4.78 is 10.8. The zero-order chi connectivity index (χ0) is 23.2. The maximum absolute atomic E-state index is 11.2. The summed E-state index contributed by atoms with van der Waals surface area (Å²) in [5, 5.41) is 0. The van der Waals surface area contributed by atoms with Gasteiger partial charge < -0.3 is 9.47 Å². The first kappa shape index (κ1) is 24.5. The number of carbonyl (C=O) groups excluding carboxylic acids is 3. The Morgan fingerprint density at radius 3 is 2.12 bits per heavy atom. The maximum Gasteiger partial charge on any atom is 0.311 e. The molecule has 166 valence electrons. The smallest absolute Gasteiger partial charge is 0.311 e. The van der Waals surface area contributed by atoms with Crippen molar-refractivity contribution in [3.05, 3.63) is 95.1 Å². The molecule has 3 rings (SSSR count). The first-order valence-corrected chi connectivity index (χ1v) is 10.5. The molecule has 0 aliphatic heterocycles. The number of aldehydes is 2. The van der Waals surface area contributed by atoms with Gasteiger partial charge in [0.15, 0.2) is 0 Å². The van der Waals surface area contributed by atoms with E-state index in [0.717, 1.165) is 42.3 Å². The highest BCUT2D eigenvalue weighted by atomic mass is 16.5. The summed E-state index contributed by atoms with van der Waals surface area (Å²) in [7, 11) is 0. The molecule has 0 fully saturated rings. The van der Waals surface area contributed by atoms with Crippen LogP contribution in [0.15, 0.2) is 72.8 Å². The van der Waals surface area contributed by atoms with Gasteiger partial charge in [-0.05, 0) is 66.9 Å². The second-order valence-corrected chi connectivity index (χ2v) is 7.18. The highest BCUT2D eigenvalue weighted by molar-refractivity contribution is 5.76. The molecule has 5 nitrogen and oxygen atoms in total. The molecule has 0 amide bonds. The highest BCUT2D eigenvalue weighted by Crippen LogP contribution is 2.19. The summed E-state index contributed by atoms with van der Waals surface area (Å²) in [6, 6.07) is 21.9. The molecule has 0 saturated carbocycles. The lowest BCUT2D eigenvalue weighted by Gasteiger charge is -2.09. The molecule has 0 aliphatic rings. The zero-order valence-electron chi connectivity index (χ0n) is 18.5. The predicted molar refractivity (Wildman–Crippen MR) is 124 cm³/mol. The van der Waals surface area contributed by atoms with Gasteiger partial charge in [-0.3, -0.25) is 14.4 Å². The first-order valence-electron chi connectivity index (χ1n) is 10.5. The van der Waals surface area contributed by atoms with E-state index in [2.05, 4.69) is 0 Å². The van der Waals surface area contributed by atoms with E-state index in [9.17, 15) is 14.4 Å². The summed E-state index contributed by atoms with van der Waals surface area (Å²) in [4.78, 5) is 32.2. The third-order valence-corrected chi connectivity index (χ3v) is 4.55. The highest BCUT2D eigenvalue weighted by Gasteiger charge is 2.03. The Morgan fingerprint density at radius 1 is 0.875 bits per heavy atom. The first-order chi connectivity index (χ1) is 15.5. The molecular weight excluding hydrogens is 404 g/mol. The van der Waals surface area contributed by atoms with E-state index >= 15 is 0 Å². The van der Waals surface area contributed by atoms with Crippen LogP contribution in [0.4, 0.5) is 0 Å². The molecule has 0 aromatic heterocycles. The molecule has 0 unspecified atom stereocenters. The van der Waals surface area contributed by atoms with Crippen LogP contribution in [-0.2, 0) is 11.4 Å². The predicted octanol–water partition coefficient (Wildman–Crippen LogP) is 5.98. The summed E-state index contributed by atoms with van der Waals surface area (Å²) in [6.07, 6.45) is 3.84. The summed E-state index contributed by atoms with van der Waals surface area (Å²) in [5.41, 5.74) is 3.36. The fourth-order valence-corrected chi connectivity index (χ4v) is 2.76. The van der Waals surface area contributed by atoms with Crippen LogP contribution in [0.1, 0.15) is 58.0 Å². The van der Waals surface area contributed by atoms with Crippen molar-refractivity contribution in [3.8, 4) is 11.5 Å². The van der Waals surface area contributed by atoms with Gasteiger partial charge in [0.25, 0.3) is 0 Å². The number of aryl methyl sites for hydroxylation is 1. The van der Waals surface area contributed by atoms with Gasteiger partial charge in [-0.25, -0.2) is 0 Å². The van der Waals surface area contributed by atoms with Crippen LogP contribution >= 0.6 is 0 Å². The molecule has 0 saturated heterocycles. The molecule has 3 aromatic carbocycles. The van der Waals surface area contributed by atoms with Crippen LogP contribution < -0.4 is 9.47 Å². The molecule has 0 bridgehead atoms. The van der Waals surface area contributed by atoms with Gasteiger partial charge >= 0.3 is 5.97 Å². The SMILES string of the molecule is CCCCC(=O)Oc1ccc(C=O)cc1.Cc1cc(C=O)ccc1OCc1ccccc1. The van der Waals surface area contributed by atoms with Crippen molar-refractivity contribution in [1.29, 1.82) is 0 Å². The molecule has 0 atom stereocenters. The Balaban J connectivity index is 0.000000229. The van der Waals surface area contributed by atoms with Crippen molar-refractivity contribution >= 4 is 18.5 Å². The Kier molecular flexibility index (Phi) is 10.4. The molecule has 0 N–H and O–H groups in total. The van der Waals surface area contributed by atoms with Crippen molar-refractivity contribution < 1.29 is 23.9 Å². The molecule has 0 spiro atoms. The zero-order valence-corrected chi connectivity index (χ0v) is 18.5. The molecule has 0 heterocycles. The topological polar surface area (TPSA) is 69.7 Å². The van der Waals surface area contributed by atoms with Gasteiger partial charge in [0, 0.05) is 17.5 Å². The quantitative estimate of drug-likeness (QED) is 0.236. The lowest BCUT2D eigenvalue weighted by Crippen LogP contribution is -2.07. The van der Waals surface area contributed by atoms with E-state index < -0.39 is 0 Å². The van der Waals surface area contributed by atoms with Crippen molar-refractivity contribution in [2.45, 2.75) is 39.7 Å². The normalized spacial score (nSPS) is 9.81. The largest absolute Gasteiger partial charge is 0.489 e. The molecule has 32 heavy (non-hydrogen) atoms. The summed E-state index contributed by atoms with van der Waals surface area (Å²) in [6.45, 7) is 4.50. The maximum atomic E-state index is 11.2. The number of hydrogen-bond donors (Lipinski definition) is 0. The van der Waals surface area contributed by atoms with E-state index in [1.54, 1.807) is 30.3 Å². The van der Waals surface area contributed by atoms with Crippen LogP contribution in [0.25, 0.3) is 0 Å². The van der Waals surface area contributed by atoms with Crippen molar-refractivity contribution in [3.63, 3.8) is 0 Å². The second-order valence-electron chi connectivity index (χ2n) is 7.18. The number of benzene rings is 3. The van der Waals surface area contributed by atoms with E-state index in [-0.39, 0.29) is 5.97 Å². The van der Waals surface area contributed by atoms with Gasteiger partial charge in [-0.1, -0.05) is 43.7 Å². The number of unbranched alkanes of at least 4 members (excludes halogenated alkanes) is 1. The molecule has 5 heteroatoms. The van der Waals surface area contributed by atoms with E-state index in [1.165, 1.54) is 0 Å². The number of carbonyl (C=O) groups is 3. The average molecular weight is 433 g/mol. The lowest BCUT2D eigenvalue weighted by molar-refractivity contribution is -0.134. The van der Waals surface area contributed by atoms with Gasteiger partial charge in [0.2, 0.25) is 0 Å². The third kappa shape index (κ3) is 8.56. The minimum atomic E-state index is -0.226. The van der Waals surface area contributed by atoms with Crippen LogP contribution in [0, 0.1) is 6.92 Å². The van der Waals surface area contributed by atoms with Crippen molar-refractivity contribution in [2.75, 3.05) is 0 Å². The second kappa shape index (κ2) is 13.5. The Morgan fingerprint density at radius 2 is 1.53 bits per heavy atom. The van der Waals surface area contributed by atoms with Gasteiger partial charge in [-0.15, -0.1) is 0 Å². The van der Waals surface area contributed by atoms with E-state index in [4.69, 9.17) is 9.47 Å². The van der Waals surface area contributed by atoms with Gasteiger partial charge in [0.05, 0.1) is 0 Å². The van der Waals surface area contributed by atoms with E-state index in [0.29, 0.717) is 29.9 Å². The molecule has 3 aromatic rings. The van der Waals surface area contributed by atoms with E-state index in [1.807, 2.05) is 56.3 Å². The van der Waals surface area contributed by atoms with Crippen LogP contribution in [0.3, 0.4) is 0 Å². The standard InChI is InChI=1S/C15H14O2.C12H14O3/c1-12-9-14(10-16)7-8-15(12)17-11-13-5-3-2-4-6-13;1-2-3-4-12(14)15-11-7-5-10(9-13)6-8-11/h2-10H,11H2,1H3;5-9H,2-4H2,1H3. The average Bonchev–Trinajstić information content (AvgIpc) is 2.83. The van der Waals surface area contributed by atoms with Gasteiger partial charge in [-0.2, -0.15) is 0 Å². The Hall–Kier alpha value is -3.73. The van der Waals surface area contributed by atoms with Crippen LogP contribution in [-0.4, -0.2) is 18.5 Å². The summed E-state index contributed by atoms with van der Waals surface area (Å²) >= 11 is 0. The van der Waals surface area contributed by atoms with Crippen molar-refractivity contribution in [1.82, 2.24) is 0 Å². The molecule has 0 radical (unpaired) electrons. The van der Waals surface area contributed by atoms with Crippen molar-refractivity contribution in [2.24, 2.45) is 0 Å². The fraction of sp³-hybridized carbons (Fsp3) is 0.222. The minimum absolute atomic E-state index is 0.226.